The fourth-order valence-corrected chi connectivity index (χ4v) is 11.0. The van der Waals surface area contributed by atoms with Crippen molar-refractivity contribution in [1.82, 2.24) is 9.80 Å². The minimum atomic E-state index is 0.137. The normalized spacial score (nSPS) is 21.1. The molecule has 1 atom stereocenters. The van der Waals surface area contributed by atoms with Gasteiger partial charge in [0.1, 0.15) is 0 Å². The summed E-state index contributed by atoms with van der Waals surface area (Å²) in [6.07, 6.45) is 18.7. The van der Waals surface area contributed by atoms with Crippen LogP contribution in [0, 0.1) is 22.2 Å². The number of hydrogen-bond donors (Lipinski definition) is 0. The molecule has 2 saturated heterocycles. The lowest BCUT2D eigenvalue weighted by molar-refractivity contribution is 0.177. The number of unbranched alkanes of at least 4 members (excludes halogenated alkanes) is 6. The topological polar surface area (TPSA) is 6.48 Å². The van der Waals surface area contributed by atoms with Gasteiger partial charge in [0, 0.05) is 5.41 Å². The van der Waals surface area contributed by atoms with Gasteiger partial charge in [0.15, 0.2) is 13.4 Å². The molecule has 0 spiro atoms. The zero-order chi connectivity index (χ0) is 37.7. The Morgan fingerprint density at radius 1 is 0.558 bits per heavy atom. The van der Waals surface area contributed by atoms with Crippen LogP contribution in [-0.4, -0.2) is 62.5 Å². The Labute approximate surface area is 324 Å². The Morgan fingerprint density at radius 3 is 1.38 bits per heavy atom. The highest BCUT2D eigenvalue weighted by atomic mass is 15.1. The zero-order valence-corrected chi connectivity index (χ0v) is 36.2. The van der Waals surface area contributed by atoms with Crippen LogP contribution in [-0.2, 0) is 5.41 Å². The molecule has 0 bridgehead atoms. The van der Waals surface area contributed by atoms with Gasteiger partial charge in [-0.15, -0.1) is 0 Å². The van der Waals surface area contributed by atoms with E-state index in [1.807, 2.05) is 0 Å². The van der Waals surface area contributed by atoms with Gasteiger partial charge in [-0.25, -0.2) is 0 Å². The van der Waals surface area contributed by atoms with Gasteiger partial charge < -0.3 is 9.80 Å². The van der Waals surface area contributed by atoms with Crippen molar-refractivity contribution in [3.63, 3.8) is 0 Å². The highest BCUT2D eigenvalue weighted by Gasteiger charge is 2.49. The molecule has 2 aromatic carbocycles. The van der Waals surface area contributed by atoms with Crippen LogP contribution in [0.1, 0.15) is 151 Å². The van der Waals surface area contributed by atoms with E-state index in [1.54, 1.807) is 33.2 Å². The average Bonchev–Trinajstić information content (AvgIpc) is 3.64. The average molecular weight is 707 g/mol. The van der Waals surface area contributed by atoms with Gasteiger partial charge in [-0.05, 0) is 109 Å². The summed E-state index contributed by atoms with van der Waals surface area (Å²) in [7, 11) is 0. The molecule has 2 fully saturated rings. The van der Waals surface area contributed by atoms with Crippen molar-refractivity contribution in [3.8, 4) is 11.1 Å². The third-order valence-electron chi connectivity index (χ3n) is 15.9. The lowest BCUT2D eigenvalue weighted by Gasteiger charge is -2.35. The second kappa shape index (κ2) is 17.5. The van der Waals surface area contributed by atoms with Crippen molar-refractivity contribution in [2.75, 3.05) is 39.3 Å². The lowest BCUT2D eigenvalue weighted by atomic mass is 9.42. The van der Waals surface area contributed by atoms with Crippen molar-refractivity contribution in [1.29, 1.82) is 0 Å². The molecule has 4 heteroatoms. The quantitative estimate of drug-likeness (QED) is 0.0999. The lowest BCUT2D eigenvalue weighted by Crippen LogP contribution is -2.33. The van der Waals surface area contributed by atoms with E-state index in [2.05, 4.69) is 122 Å². The third-order valence-corrected chi connectivity index (χ3v) is 15.9. The Bertz CT molecular complexity index is 1390. The number of benzene rings is 2. The summed E-state index contributed by atoms with van der Waals surface area (Å²) in [6.45, 7) is 35.5. The van der Waals surface area contributed by atoms with E-state index in [4.69, 9.17) is 0 Å². The van der Waals surface area contributed by atoms with Crippen molar-refractivity contribution in [2.24, 2.45) is 22.2 Å². The second-order valence-electron chi connectivity index (χ2n) is 20.0. The van der Waals surface area contributed by atoms with E-state index in [0.29, 0.717) is 29.7 Å². The Hall–Kier alpha value is -1.51. The standard InChI is InChI=1S/C48H80B2N2/c1-12-51(13-2)30-22-18-16-20-28-48(29-21-17-19-23-31-52(14-3)15-4)43-32-39(49-34-38(5)45(6,7)35-49)24-26-41(43)42-27-25-40(33-44(42)48)50-36-46(8,9)47(10,11)37-50/h24-27,32-33,38H,12-23,28-31,34-37H2,1-11H3. The maximum atomic E-state index is 2.78. The van der Waals surface area contributed by atoms with E-state index < -0.39 is 0 Å². The minimum Gasteiger partial charge on any atom is -0.304 e. The van der Waals surface area contributed by atoms with E-state index >= 15 is 0 Å². The van der Waals surface area contributed by atoms with Crippen LogP contribution in [0.4, 0.5) is 0 Å². The van der Waals surface area contributed by atoms with Gasteiger partial charge in [-0.2, -0.15) is 0 Å². The number of rotatable bonds is 20. The van der Waals surface area contributed by atoms with Crippen LogP contribution in [0.5, 0.6) is 0 Å². The first kappa shape index (κ1) is 41.6. The van der Waals surface area contributed by atoms with Gasteiger partial charge in [0.05, 0.1) is 0 Å². The first-order valence-electron chi connectivity index (χ1n) is 22.5. The maximum Gasteiger partial charge on any atom is 0.176 e. The third kappa shape index (κ3) is 8.96. The monoisotopic (exact) mass is 707 g/mol. The molecule has 0 aromatic heterocycles. The summed E-state index contributed by atoms with van der Waals surface area (Å²) in [5.41, 5.74) is 11.1. The van der Waals surface area contributed by atoms with Crippen LogP contribution in [0.25, 0.3) is 11.1 Å². The molecule has 5 rings (SSSR count). The van der Waals surface area contributed by atoms with E-state index in [-0.39, 0.29) is 5.41 Å². The molecule has 288 valence electrons. The van der Waals surface area contributed by atoms with Crippen LogP contribution < -0.4 is 10.9 Å². The molecule has 1 unspecified atom stereocenters. The Kier molecular flexibility index (Phi) is 14.0. The molecule has 2 aliphatic heterocycles. The number of nitrogens with zero attached hydrogens (tertiary/aromatic N) is 2. The highest BCUT2D eigenvalue weighted by Crippen LogP contribution is 2.56. The van der Waals surface area contributed by atoms with Crippen LogP contribution >= 0.6 is 0 Å². The summed E-state index contributed by atoms with van der Waals surface area (Å²) in [6, 6.07) is 15.8. The molecule has 0 amide bonds. The summed E-state index contributed by atoms with van der Waals surface area (Å²) >= 11 is 0. The van der Waals surface area contributed by atoms with Crippen LogP contribution in [0.3, 0.4) is 0 Å². The van der Waals surface area contributed by atoms with Gasteiger partial charge in [0.25, 0.3) is 0 Å². The fourth-order valence-electron chi connectivity index (χ4n) is 11.0. The Morgan fingerprint density at radius 2 is 0.981 bits per heavy atom. The van der Waals surface area contributed by atoms with Crippen molar-refractivity contribution >= 4 is 24.4 Å². The highest BCUT2D eigenvalue weighted by molar-refractivity contribution is 6.74. The summed E-state index contributed by atoms with van der Waals surface area (Å²) in [5, 5.41) is 0. The Balaban J connectivity index is 1.48. The molecular formula is C48H80B2N2. The SMILES string of the molecule is CCN(CC)CCCCCCC1(CCCCCCN(CC)CC)c2cc(B3CC(C)C(C)(C)C3)ccc2-c2ccc(B3CC(C)(C)C(C)(C)C3)cc21. The molecule has 1 aliphatic carbocycles. The second-order valence-corrected chi connectivity index (χ2v) is 20.0. The summed E-state index contributed by atoms with van der Waals surface area (Å²) < 4.78 is 0. The minimum absolute atomic E-state index is 0.137. The molecule has 2 aromatic rings. The smallest absolute Gasteiger partial charge is 0.176 e. The predicted molar refractivity (Wildman–Crippen MR) is 235 cm³/mol. The van der Waals surface area contributed by atoms with Crippen LogP contribution in [0.15, 0.2) is 36.4 Å². The van der Waals surface area contributed by atoms with Gasteiger partial charge in [0.2, 0.25) is 0 Å². The fraction of sp³-hybridized carbons (Fsp3) is 0.750. The molecule has 0 saturated carbocycles. The van der Waals surface area contributed by atoms with Crippen molar-refractivity contribution < 1.29 is 0 Å². The van der Waals surface area contributed by atoms with Gasteiger partial charge >= 0.3 is 0 Å². The molecule has 52 heavy (non-hydrogen) atoms. The first-order chi connectivity index (χ1) is 24.7. The van der Waals surface area contributed by atoms with Crippen LogP contribution in [0.2, 0.25) is 25.3 Å². The molecule has 0 N–H and O–H groups in total. The van der Waals surface area contributed by atoms with E-state index in [0.717, 1.165) is 5.92 Å². The maximum absolute atomic E-state index is 2.78. The van der Waals surface area contributed by atoms with Gasteiger partial charge in [-0.3, -0.25) is 0 Å². The number of hydrogen-bond acceptors (Lipinski definition) is 2. The first-order valence-corrected chi connectivity index (χ1v) is 22.5. The molecule has 2 heterocycles. The molecule has 2 nitrogen and oxygen atoms in total. The molecule has 3 aliphatic rings. The zero-order valence-electron chi connectivity index (χ0n) is 36.2. The van der Waals surface area contributed by atoms with Crippen molar-refractivity contribution in [2.45, 2.75) is 171 Å². The summed E-state index contributed by atoms with van der Waals surface area (Å²) in [5.74, 6) is 0.780. The number of fused-ring (bicyclic) bond motifs is 3. The summed E-state index contributed by atoms with van der Waals surface area (Å²) in [4.78, 5) is 5.20. The van der Waals surface area contributed by atoms with E-state index in [1.165, 1.54) is 129 Å². The van der Waals surface area contributed by atoms with Gasteiger partial charge in [-0.1, -0.05) is 187 Å². The van der Waals surface area contributed by atoms with Crippen molar-refractivity contribution in [3.05, 3.63) is 47.5 Å². The largest absolute Gasteiger partial charge is 0.304 e. The molecule has 0 radical (unpaired) electrons. The van der Waals surface area contributed by atoms with E-state index in [9.17, 15) is 0 Å². The molecular weight excluding hydrogens is 626 g/mol. The predicted octanol–water partition coefficient (Wildman–Crippen LogP) is 11.7.